The lowest BCUT2D eigenvalue weighted by Gasteiger charge is -2.11. The number of ether oxygens (including phenoxy) is 1. The molecule has 1 amide bonds. The molecule has 0 spiro atoms. The second-order valence-corrected chi connectivity index (χ2v) is 3.64. The lowest BCUT2D eigenvalue weighted by Crippen LogP contribution is -2.35. The maximum Gasteiger partial charge on any atom is 0.387 e. The van der Waals surface area contributed by atoms with Gasteiger partial charge < -0.3 is 15.8 Å². The molecule has 1 unspecified atom stereocenters. The second kappa shape index (κ2) is 6.79. The Bertz CT molecular complexity index is 466. The molecular weight excluding hydrogens is 261 g/mol. The van der Waals surface area contributed by atoms with Crippen molar-refractivity contribution in [3.05, 3.63) is 36.7 Å². The lowest BCUT2D eigenvalue weighted by molar-refractivity contribution is -0.117. The largest absolute Gasteiger partial charge is 0.432 e. The van der Waals surface area contributed by atoms with Crippen LogP contribution in [0.5, 0.6) is 5.75 Å². The topological polar surface area (TPSA) is 64.4 Å². The first-order chi connectivity index (χ1) is 8.93. The highest BCUT2D eigenvalue weighted by Crippen LogP contribution is 2.22. The van der Waals surface area contributed by atoms with E-state index in [1.54, 1.807) is 0 Å². The van der Waals surface area contributed by atoms with Gasteiger partial charge in [-0.1, -0.05) is 6.08 Å². The first-order valence-corrected chi connectivity index (χ1v) is 5.35. The van der Waals surface area contributed by atoms with E-state index in [-0.39, 0.29) is 12.1 Å². The van der Waals surface area contributed by atoms with E-state index < -0.39 is 30.1 Å². The summed E-state index contributed by atoms with van der Waals surface area (Å²) in [6.07, 6.45) is 1.74. The minimum Gasteiger partial charge on any atom is -0.432 e. The van der Waals surface area contributed by atoms with Crippen LogP contribution in [0, 0.1) is 5.82 Å². The van der Waals surface area contributed by atoms with Crippen LogP contribution in [0.1, 0.15) is 6.42 Å². The maximum absolute atomic E-state index is 13.4. The number of hydrogen-bond acceptors (Lipinski definition) is 3. The Morgan fingerprint density at radius 3 is 2.74 bits per heavy atom. The molecule has 1 aromatic carbocycles. The highest BCUT2D eigenvalue weighted by atomic mass is 19.3. The van der Waals surface area contributed by atoms with Crippen LogP contribution in [-0.2, 0) is 4.79 Å². The molecule has 1 atom stereocenters. The molecule has 0 aliphatic rings. The van der Waals surface area contributed by atoms with Crippen molar-refractivity contribution in [1.29, 1.82) is 0 Å². The average molecular weight is 274 g/mol. The van der Waals surface area contributed by atoms with Gasteiger partial charge in [0, 0.05) is 11.8 Å². The molecule has 1 aromatic rings. The third-order valence-corrected chi connectivity index (χ3v) is 2.17. The molecule has 0 bridgehead atoms. The van der Waals surface area contributed by atoms with Crippen molar-refractivity contribution < 1.29 is 22.7 Å². The average Bonchev–Trinajstić information content (AvgIpc) is 2.32. The molecule has 0 heterocycles. The number of benzene rings is 1. The quantitative estimate of drug-likeness (QED) is 0.782. The fourth-order valence-corrected chi connectivity index (χ4v) is 1.29. The van der Waals surface area contributed by atoms with Gasteiger partial charge in [0.25, 0.3) is 0 Å². The standard InChI is InChI=1S/C12H13F3N2O2/c1-2-3-9(16)11(18)17-7-4-5-10(8(13)6-7)19-12(14)15/h2,4-6,9,12H,1,3,16H2,(H,17,18). The van der Waals surface area contributed by atoms with E-state index >= 15 is 0 Å². The van der Waals surface area contributed by atoms with E-state index in [1.165, 1.54) is 12.1 Å². The SMILES string of the molecule is C=CCC(N)C(=O)Nc1ccc(OC(F)F)c(F)c1. The van der Waals surface area contributed by atoms with Gasteiger partial charge in [0.2, 0.25) is 5.91 Å². The van der Waals surface area contributed by atoms with Crippen LogP contribution >= 0.6 is 0 Å². The van der Waals surface area contributed by atoms with Gasteiger partial charge in [-0.2, -0.15) is 8.78 Å². The van der Waals surface area contributed by atoms with Gasteiger partial charge in [0.1, 0.15) is 0 Å². The number of alkyl halides is 2. The van der Waals surface area contributed by atoms with Crippen LogP contribution in [0.15, 0.2) is 30.9 Å². The molecule has 0 saturated heterocycles. The molecule has 0 radical (unpaired) electrons. The zero-order valence-electron chi connectivity index (χ0n) is 9.91. The number of halogens is 3. The summed E-state index contributed by atoms with van der Waals surface area (Å²) in [5, 5.41) is 2.35. The highest BCUT2D eigenvalue weighted by Gasteiger charge is 2.14. The number of nitrogens with two attached hydrogens (primary N) is 1. The van der Waals surface area contributed by atoms with Gasteiger partial charge in [0.15, 0.2) is 11.6 Å². The van der Waals surface area contributed by atoms with Crippen LogP contribution in [0.2, 0.25) is 0 Å². The summed E-state index contributed by atoms with van der Waals surface area (Å²) >= 11 is 0. The third-order valence-electron chi connectivity index (χ3n) is 2.17. The van der Waals surface area contributed by atoms with Crippen molar-refractivity contribution >= 4 is 11.6 Å². The van der Waals surface area contributed by atoms with Gasteiger partial charge in [-0.25, -0.2) is 4.39 Å². The summed E-state index contributed by atoms with van der Waals surface area (Å²) in [5.74, 6) is -2.12. The van der Waals surface area contributed by atoms with E-state index in [2.05, 4.69) is 16.6 Å². The van der Waals surface area contributed by atoms with Crippen molar-refractivity contribution in [3.8, 4) is 5.75 Å². The van der Waals surface area contributed by atoms with Crippen LogP contribution in [-0.4, -0.2) is 18.6 Å². The summed E-state index contributed by atoms with van der Waals surface area (Å²) in [4.78, 5) is 11.5. The van der Waals surface area contributed by atoms with Crippen LogP contribution in [0.25, 0.3) is 0 Å². The van der Waals surface area contributed by atoms with Gasteiger partial charge in [-0.3, -0.25) is 4.79 Å². The minimum absolute atomic E-state index is 0.101. The minimum atomic E-state index is -3.11. The van der Waals surface area contributed by atoms with Crippen LogP contribution < -0.4 is 15.8 Å². The Kier molecular flexibility index (Phi) is 5.37. The predicted molar refractivity (Wildman–Crippen MR) is 64.5 cm³/mol. The molecule has 1 rings (SSSR count). The Morgan fingerprint density at radius 2 is 2.21 bits per heavy atom. The molecular formula is C12H13F3N2O2. The lowest BCUT2D eigenvalue weighted by atomic mass is 10.2. The van der Waals surface area contributed by atoms with E-state index in [4.69, 9.17) is 5.73 Å². The zero-order chi connectivity index (χ0) is 14.4. The van der Waals surface area contributed by atoms with E-state index in [9.17, 15) is 18.0 Å². The first kappa shape index (κ1) is 15.0. The van der Waals surface area contributed by atoms with Gasteiger partial charge in [-0.05, 0) is 18.6 Å². The molecule has 7 heteroatoms. The van der Waals surface area contributed by atoms with Crippen molar-refractivity contribution in [3.63, 3.8) is 0 Å². The monoisotopic (exact) mass is 274 g/mol. The maximum atomic E-state index is 13.4. The van der Waals surface area contributed by atoms with E-state index in [1.807, 2.05) is 0 Å². The van der Waals surface area contributed by atoms with E-state index in [0.29, 0.717) is 0 Å². The number of anilines is 1. The highest BCUT2D eigenvalue weighted by molar-refractivity contribution is 5.94. The second-order valence-electron chi connectivity index (χ2n) is 3.64. The molecule has 4 nitrogen and oxygen atoms in total. The predicted octanol–water partition coefficient (Wildman–Crippen LogP) is 2.27. The summed E-state index contributed by atoms with van der Waals surface area (Å²) in [6, 6.07) is 2.30. The Morgan fingerprint density at radius 1 is 1.53 bits per heavy atom. The summed E-state index contributed by atoms with van der Waals surface area (Å²) in [7, 11) is 0. The van der Waals surface area contributed by atoms with E-state index in [0.717, 1.165) is 12.1 Å². The molecule has 0 aliphatic carbocycles. The summed E-state index contributed by atoms with van der Waals surface area (Å²) < 4.78 is 41.1. The van der Waals surface area contributed by atoms with Crippen molar-refractivity contribution in [2.75, 3.05) is 5.32 Å². The molecule has 3 N–H and O–H groups in total. The third kappa shape index (κ3) is 4.63. The van der Waals surface area contributed by atoms with Crippen LogP contribution in [0.3, 0.4) is 0 Å². The van der Waals surface area contributed by atoms with Gasteiger partial charge in [-0.15, -0.1) is 6.58 Å². The molecule has 0 saturated carbocycles. The zero-order valence-corrected chi connectivity index (χ0v) is 9.91. The van der Waals surface area contributed by atoms with Crippen molar-refractivity contribution in [1.82, 2.24) is 0 Å². The summed E-state index contributed by atoms with van der Waals surface area (Å²) in [6.45, 7) is 0.321. The van der Waals surface area contributed by atoms with Gasteiger partial charge >= 0.3 is 6.61 Å². The van der Waals surface area contributed by atoms with Gasteiger partial charge in [0.05, 0.1) is 6.04 Å². The van der Waals surface area contributed by atoms with Crippen molar-refractivity contribution in [2.24, 2.45) is 5.73 Å². The molecule has 19 heavy (non-hydrogen) atoms. The Balaban J connectivity index is 2.73. The fourth-order valence-electron chi connectivity index (χ4n) is 1.29. The molecule has 0 aliphatic heterocycles. The number of carbonyl (C=O) groups excluding carboxylic acids is 1. The number of rotatable bonds is 6. The Hall–Kier alpha value is -2.02. The number of nitrogens with one attached hydrogen (secondary N) is 1. The van der Waals surface area contributed by atoms with Crippen molar-refractivity contribution in [2.45, 2.75) is 19.1 Å². The number of carbonyl (C=O) groups is 1. The Labute approximate surface area is 108 Å². The smallest absolute Gasteiger partial charge is 0.387 e. The molecule has 104 valence electrons. The molecule has 0 fully saturated rings. The number of amides is 1. The van der Waals surface area contributed by atoms with Crippen LogP contribution in [0.4, 0.5) is 18.9 Å². The normalized spacial score (nSPS) is 12.1. The fraction of sp³-hybridized carbons (Fsp3) is 0.250. The first-order valence-electron chi connectivity index (χ1n) is 5.35. The summed E-state index contributed by atoms with van der Waals surface area (Å²) in [5.41, 5.74) is 5.61. The molecule has 0 aromatic heterocycles. The number of hydrogen-bond donors (Lipinski definition) is 2.